The molecular formula is C23H29Cl3N6O3. The third kappa shape index (κ3) is 6.80. The Balaban J connectivity index is 1.60. The van der Waals surface area contributed by atoms with Crippen molar-refractivity contribution in [3.05, 3.63) is 36.2 Å². The number of rotatable bonds is 6. The van der Waals surface area contributed by atoms with E-state index < -0.39 is 9.89 Å². The molecule has 0 spiro atoms. The topological polar surface area (TPSA) is 86.4 Å². The van der Waals surface area contributed by atoms with E-state index in [2.05, 4.69) is 36.1 Å². The van der Waals surface area contributed by atoms with Crippen molar-refractivity contribution < 1.29 is 14.3 Å². The Kier molecular flexibility index (Phi) is 7.83. The highest BCUT2D eigenvalue weighted by Gasteiger charge is 2.25. The first-order valence-electron chi connectivity index (χ1n) is 11.4. The summed E-state index contributed by atoms with van der Waals surface area (Å²) >= 11 is 17.1. The highest BCUT2D eigenvalue weighted by molar-refractivity contribution is 6.67. The van der Waals surface area contributed by atoms with Crippen molar-refractivity contribution in [3.63, 3.8) is 0 Å². The number of anilines is 1. The zero-order valence-electron chi connectivity index (χ0n) is 19.9. The largest absolute Gasteiger partial charge is 0.445 e. The van der Waals surface area contributed by atoms with E-state index in [1.165, 1.54) is 0 Å². The van der Waals surface area contributed by atoms with Crippen LogP contribution in [0.4, 0.5) is 10.6 Å². The number of carbonyl (C=O) groups excluding carboxylic acids is 1. The van der Waals surface area contributed by atoms with Crippen LogP contribution in [0.5, 0.6) is 0 Å². The van der Waals surface area contributed by atoms with Gasteiger partial charge in [-0.2, -0.15) is 10.2 Å². The number of hydrogen-bond donors (Lipinski definition) is 1. The van der Waals surface area contributed by atoms with Crippen LogP contribution in [0.25, 0.3) is 16.6 Å². The summed E-state index contributed by atoms with van der Waals surface area (Å²) in [6.07, 6.45) is 1.12. The minimum atomic E-state index is -1.70. The Labute approximate surface area is 219 Å². The Hall–Kier alpha value is -2.04. The van der Waals surface area contributed by atoms with Crippen LogP contribution >= 0.6 is 34.8 Å². The number of carbonyl (C=O) groups is 1. The SMILES string of the molecule is CC(C)(C)c1cc(NC(=O)OCC(Cl)(Cl)Cl)n(-c2ccc3cnn(CCN4CCOCC4)c3c2)n1. The molecule has 1 aliphatic heterocycles. The van der Waals surface area contributed by atoms with Crippen molar-refractivity contribution >= 4 is 57.6 Å². The van der Waals surface area contributed by atoms with Gasteiger partial charge in [0.2, 0.25) is 3.79 Å². The van der Waals surface area contributed by atoms with Crippen LogP contribution in [0.15, 0.2) is 30.5 Å². The molecule has 12 heteroatoms. The summed E-state index contributed by atoms with van der Waals surface area (Å²) in [6.45, 7) is 10.8. The number of benzene rings is 1. The average Bonchev–Trinajstić information content (AvgIpc) is 3.40. The predicted octanol–water partition coefficient (Wildman–Crippen LogP) is 4.77. The van der Waals surface area contributed by atoms with E-state index in [-0.39, 0.29) is 12.0 Å². The number of morpholine rings is 1. The quantitative estimate of drug-likeness (QED) is 0.451. The standard InChI is InChI=1S/C23H29Cl3N6O3/c1-22(2,3)19-13-20(28-21(33)35-15-23(24,25)26)32(29-19)17-5-4-16-14-27-31(18(16)12-17)7-6-30-8-10-34-11-9-30/h4-5,12-14H,6-11,15H2,1-3H3,(H,28,33). The minimum Gasteiger partial charge on any atom is -0.445 e. The fourth-order valence-corrected chi connectivity index (χ4v) is 3.91. The summed E-state index contributed by atoms with van der Waals surface area (Å²) < 4.78 is 12.5. The maximum absolute atomic E-state index is 12.4. The Morgan fingerprint density at radius 1 is 1.14 bits per heavy atom. The number of fused-ring (bicyclic) bond motifs is 1. The zero-order valence-corrected chi connectivity index (χ0v) is 22.2. The van der Waals surface area contributed by atoms with Gasteiger partial charge in [-0.1, -0.05) is 55.6 Å². The van der Waals surface area contributed by atoms with E-state index >= 15 is 0 Å². The number of nitrogens with one attached hydrogen (secondary N) is 1. The maximum atomic E-state index is 12.4. The highest BCUT2D eigenvalue weighted by atomic mass is 35.6. The lowest BCUT2D eigenvalue weighted by atomic mass is 9.92. The zero-order chi connectivity index (χ0) is 25.2. The minimum absolute atomic E-state index is 0.243. The second-order valence-electron chi connectivity index (χ2n) is 9.46. The van der Waals surface area contributed by atoms with Crippen molar-refractivity contribution in [3.8, 4) is 5.69 Å². The Morgan fingerprint density at radius 3 is 2.57 bits per heavy atom. The van der Waals surface area contributed by atoms with Crippen LogP contribution in [0.3, 0.4) is 0 Å². The first-order chi connectivity index (χ1) is 16.5. The molecule has 190 valence electrons. The molecule has 1 amide bonds. The molecule has 0 unspecified atom stereocenters. The van der Waals surface area contributed by atoms with E-state index in [1.54, 1.807) is 4.68 Å². The van der Waals surface area contributed by atoms with Crippen LogP contribution in [0.2, 0.25) is 0 Å². The van der Waals surface area contributed by atoms with Gasteiger partial charge in [0.05, 0.1) is 42.9 Å². The van der Waals surface area contributed by atoms with Gasteiger partial charge in [-0.25, -0.2) is 9.48 Å². The third-order valence-corrected chi connectivity index (χ3v) is 6.01. The van der Waals surface area contributed by atoms with Crippen molar-refractivity contribution in [1.29, 1.82) is 0 Å². The number of aromatic nitrogens is 4. The number of nitrogens with zero attached hydrogens (tertiary/aromatic N) is 5. The number of ether oxygens (including phenoxy) is 2. The normalized spacial score (nSPS) is 15.5. The molecule has 1 fully saturated rings. The highest BCUT2D eigenvalue weighted by Crippen LogP contribution is 2.29. The van der Waals surface area contributed by atoms with Crippen molar-refractivity contribution in [2.75, 3.05) is 44.8 Å². The molecule has 0 atom stereocenters. The molecule has 35 heavy (non-hydrogen) atoms. The smallest absolute Gasteiger partial charge is 0.412 e. The fraction of sp³-hybridized carbons (Fsp3) is 0.522. The van der Waals surface area contributed by atoms with Crippen LogP contribution in [-0.2, 0) is 21.4 Å². The van der Waals surface area contributed by atoms with E-state index in [9.17, 15) is 4.79 Å². The molecule has 0 bridgehead atoms. The van der Waals surface area contributed by atoms with Crippen LogP contribution in [0.1, 0.15) is 26.5 Å². The molecule has 1 aromatic carbocycles. The van der Waals surface area contributed by atoms with Gasteiger partial charge in [-0.15, -0.1) is 0 Å². The van der Waals surface area contributed by atoms with Crippen molar-refractivity contribution in [2.45, 2.75) is 36.5 Å². The maximum Gasteiger partial charge on any atom is 0.412 e. The van der Waals surface area contributed by atoms with Crippen LogP contribution in [0, 0.1) is 0 Å². The third-order valence-electron chi connectivity index (χ3n) is 5.68. The summed E-state index contributed by atoms with van der Waals surface area (Å²) in [5.74, 6) is 0.447. The molecular weight excluding hydrogens is 515 g/mol. The van der Waals surface area contributed by atoms with E-state index in [4.69, 9.17) is 49.4 Å². The lowest BCUT2D eigenvalue weighted by Gasteiger charge is -2.26. The molecule has 0 radical (unpaired) electrons. The first-order valence-corrected chi connectivity index (χ1v) is 12.5. The first kappa shape index (κ1) is 26.0. The number of hydrogen-bond acceptors (Lipinski definition) is 6. The van der Waals surface area contributed by atoms with Gasteiger partial charge in [0.15, 0.2) is 0 Å². The van der Waals surface area contributed by atoms with Gasteiger partial charge in [0.1, 0.15) is 12.4 Å². The molecule has 1 aliphatic rings. The number of alkyl halides is 3. The molecule has 2 aromatic heterocycles. The average molecular weight is 544 g/mol. The Bertz CT molecular complexity index is 1180. The van der Waals surface area contributed by atoms with Gasteiger partial charge in [-0.3, -0.25) is 14.9 Å². The fourth-order valence-electron chi connectivity index (χ4n) is 3.75. The number of halogens is 3. The summed E-state index contributed by atoms with van der Waals surface area (Å²) in [5.41, 5.74) is 2.31. The summed E-state index contributed by atoms with van der Waals surface area (Å²) in [5, 5.41) is 13.1. The van der Waals surface area contributed by atoms with Gasteiger partial charge in [0.25, 0.3) is 0 Å². The molecule has 9 nitrogen and oxygen atoms in total. The molecule has 0 saturated carbocycles. The molecule has 3 heterocycles. The molecule has 3 aromatic rings. The molecule has 1 N–H and O–H groups in total. The molecule has 4 rings (SSSR count). The predicted molar refractivity (Wildman–Crippen MR) is 138 cm³/mol. The van der Waals surface area contributed by atoms with E-state index in [1.807, 2.05) is 35.1 Å². The van der Waals surface area contributed by atoms with Crippen LogP contribution < -0.4 is 5.32 Å². The number of amides is 1. The summed E-state index contributed by atoms with van der Waals surface area (Å²) in [6, 6.07) is 7.76. The van der Waals surface area contributed by atoms with E-state index in [0.29, 0.717) is 5.82 Å². The van der Waals surface area contributed by atoms with Crippen LogP contribution in [-0.4, -0.2) is 73.8 Å². The second-order valence-corrected chi connectivity index (χ2v) is 12.0. The van der Waals surface area contributed by atoms with Crippen molar-refractivity contribution in [1.82, 2.24) is 24.5 Å². The van der Waals surface area contributed by atoms with E-state index in [0.717, 1.165) is 61.7 Å². The lowest BCUT2D eigenvalue weighted by molar-refractivity contribution is 0.0361. The monoisotopic (exact) mass is 542 g/mol. The van der Waals surface area contributed by atoms with Gasteiger partial charge < -0.3 is 9.47 Å². The summed E-state index contributed by atoms with van der Waals surface area (Å²) in [4.78, 5) is 14.8. The molecule has 0 aliphatic carbocycles. The molecule has 1 saturated heterocycles. The van der Waals surface area contributed by atoms with Gasteiger partial charge in [0, 0.05) is 36.5 Å². The summed E-state index contributed by atoms with van der Waals surface area (Å²) in [7, 11) is 0. The van der Waals surface area contributed by atoms with Gasteiger partial charge in [-0.05, 0) is 18.2 Å². The Morgan fingerprint density at radius 2 is 1.89 bits per heavy atom. The van der Waals surface area contributed by atoms with Crippen molar-refractivity contribution in [2.24, 2.45) is 0 Å². The lowest BCUT2D eigenvalue weighted by Crippen LogP contribution is -2.38. The second kappa shape index (κ2) is 10.5. The van der Waals surface area contributed by atoms with Gasteiger partial charge >= 0.3 is 6.09 Å².